The van der Waals surface area contributed by atoms with Crippen LogP contribution in [0.3, 0.4) is 0 Å². The molecule has 2 rings (SSSR count). The molecule has 1 aromatic heterocycles. The van der Waals surface area contributed by atoms with Crippen molar-refractivity contribution in [1.82, 2.24) is 10.3 Å². The fourth-order valence-corrected chi connectivity index (χ4v) is 3.63. The molecule has 3 nitrogen and oxygen atoms in total. The highest BCUT2D eigenvalue weighted by atomic mass is 32.1. The van der Waals surface area contributed by atoms with Gasteiger partial charge >= 0.3 is 0 Å². The van der Waals surface area contributed by atoms with E-state index in [0.717, 1.165) is 31.7 Å². The number of thiazole rings is 1. The second-order valence-corrected chi connectivity index (χ2v) is 5.52. The van der Waals surface area contributed by atoms with E-state index in [-0.39, 0.29) is 5.60 Å². The summed E-state index contributed by atoms with van der Waals surface area (Å²) in [6.45, 7) is 3.71. The van der Waals surface area contributed by atoms with E-state index in [4.69, 9.17) is 9.72 Å². The van der Waals surface area contributed by atoms with Gasteiger partial charge in [-0.15, -0.1) is 11.3 Å². The number of ether oxygens (including phenoxy) is 1. The molecule has 1 fully saturated rings. The first-order valence-electron chi connectivity index (χ1n) is 6.54. The maximum Gasteiger partial charge on any atom is 0.125 e. The monoisotopic (exact) mass is 254 g/mol. The molecule has 1 aliphatic rings. The number of aromatic nitrogens is 1. The molecule has 0 amide bonds. The third kappa shape index (κ3) is 2.87. The van der Waals surface area contributed by atoms with Crippen molar-refractivity contribution >= 4 is 11.3 Å². The smallest absolute Gasteiger partial charge is 0.125 e. The lowest BCUT2D eigenvalue weighted by atomic mass is 9.85. The molecule has 1 heterocycles. The Morgan fingerprint density at radius 3 is 2.82 bits per heavy atom. The zero-order chi connectivity index (χ0) is 12.1. The van der Waals surface area contributed by atoms with Crippen LogP contribution >= 0.6 is 11.3 Å². The van der Waals surface area contributed by atoms with Crippen LogP contribution in [0.4, 0.5) is 0 Å². The Morgan fingerprint density at radius 1 is 1.41 bits per heavy atom. The van der Waals surface area contributed by atoms with Gasteiger partial charge in [0.2, 0.25) is 0 Å². The van der Waals surface area contributed by atoms with Crippen LogP contribution in [0.2, 0.25) is 0 Å². The Bertz CT molecular complexity index is 339. The van der Waals surface area contributed by atoms with E-state index in [2.05, 4.69) is 17.6 Å². The van der Waals surface area contributed by atoms with Gasteiger partial charge in [0.05, 0.1) is 5.69 Å². The van der Waals surface area contributed by atoms with Gasteiger partial charge in [0.25, 0.3) is 0 Å². The molecule has 0 saturated heterocycles. The highest BCUT2D eigenvalue weighted by molar-refractivity contribution is 7.09. The molecule has 0 radical (unpaired) electrons. The van der Waals surface area contributed by atoms with Crippen molar-refractivity contribution in [2.45, 2.75) is 51.2 Å². The van der Waals surface area contributed by atoms with Gasteiger partial charge in [0.1, 0.15) is 10.6 Å². The van der Waals surface area contributed by atoms with Gasteiger partial charge in [-0.2, -0.15) is 0 Å². The van der Waals surface area contributed by atoms with Gasteiger partial charge in [0, 0.05) is 18.5 Å². The summed E-state index contributed by atoms with van der Waals surface area (Å²) in [6.07, 6.45) is 6.13. The molecule has 0 spiro atoms. The summed E-state index contributed by atoms with van der Waals surface area (Å²) in [6, 6.07) is 0. The number of nitrogens with zero attached hydrogens (tertiary/aromatic N) is 1. The van der Waals surface area contributed by atoms with Gasteiger partial charge in [-0.25, -0.2) is 4.98 Å². The van der Waals surface area contributed by atoms with E-state index in [0.29, 0.717) is 0 Å². The molecule has 17 heavy (non-hydrogen) atoms. The Hall–Kier alpha value is -0.450. The van der Waals surface area contributed by atoms with Gasteiger partial charge < -0.3 is 10.1 Å². The van der Waals surface area contributed by atoms with E-state index in [9.17, 15) is 0 Å². The molecule has 0 unspecified atom stereocenters. The van der Waals surface area contributed by atoms with Gasteiger partial charge in [-0.1, -0.05) is 19.3 Å². The Labute approximate surface area is 108 Å². The van der Waals surface area contributed by atoms with Gasteiger partial charge in [0.15, 0.2) is 0 Å². The molecule has 1 saturated carbocycles. The Balaban J connectivity index is 2.18. The quantitative estimate of drug-likeness (QED) is 0.877. The summed E-state index contributed by atoms with van der Waals surface area (Å²) in [5.41, 5.74) is 1.06. The fourth-order valence-electron chi connectivity index (χ4n) is 2.60. The largest absolute Gasteiger partial charge is 0.368 e. The molecule has 0 bridgehead atoms. The van der Waals surface area contributed by atoms with E-state index < -0.39 is 0 Å². The first kappa shape index (κ1) is 13.0. The minimum absolute atomic E-state index is 0.0797. The molecule has 0 aromatic carbocycles. The van der Waals surface area contributed by atoms with E-state index in [1.54, 1.807) is 11.3 Å². The Morgan fingerprint density at radius 2 is 2.18 bits per heavy atom. The zero-order valence-electron chi connectivity index (χ0n) is 10.8. The molecular formula is C13H22N2OS. The topological polar surface area (TPSA) is 34.1 Å². The average molecular weight is 254 g/mol. The lowest BCUT2D eigenvalue weighted by Gasteiger charge is -2.35. The van der Waals surface area contributed by atoms with Crippen molar-refractivity contribution in [3.8, 4) is 0 Å². The zero-order valence-corrected chi connectivity index (χ0v) is 11.6. The van der Waals surface area contributed by atoms with Crippen molar-refractivity contribution in [3.05, 3.63) is 16.1 Å². The summed E-state index contributed by atoms with van der Waals surface area (Å²) in [5, 5.41) is 6.49. The Kier molecular flexibility index (Phi) is 4.54. The number of hydrogen-bond donors (Lipinski definition) is 1. The van der Waals surface area contributed by atoms with Crippen LogP contribution in [0.1, 0.15) is 49.7 Å². The van der Waals surface area contributed by atoms with Crippen LogP contribution in [0, 0.1) is 0 Å². The summed E-state index contributed by atoms with van der Waals surface area (Å²) < 4.78 is 6.08. The molecule has 1 aliphatic carbocycles. The predicted octanol–water partition coefficient (Wildman–Crippen LogP) is 3.06. The van der Waals surface area contributed by atoms with Crippen molar-refractivity contribution < 1.29 is 4.74 Å². The lowest BCUT2D eigenvalue weighted by molar-refractivity contribution is -0.0705. The van der Waals surface area contributed by atoms with Crippen molar-refractivity contribution in [2.24, 2.45) is 0 Å². The number of rotatable bonds is 5. The molecule has 1 N–H and O–H groups in total. The summed E-state index contributed by atoms with van der Waals surface area (Å²) in [4.78, 5) is 4.75. The predicted molar refractivity (Wildman–Crippen MR) is 71.3 cm³/mol. The molecule has 0 atom stereocenters. The van der Waals surface area contributed by atoms with Crippen molar-refractivity contribution in [3.63, 3.8) is 0 Å². The minimum atomic E-state index is -0.0797. The summed E-state index contributed by atoms with van der Waals surface area (Å²) in [7, 11) is 1.96. The van der Waals surface area contributed by atoms with E-state index >= 15 is 0 Å². The van der Waals surface area contributed by atoms with Crippen LogP contribution in [0.5, 0.6) is 0 Å². The van der Waals surface area contributed by atoms with Crippen LogP contribution in [0.25, 0.3) is 0 Å². The van der Waals surface area contributed by atoms with Crippen LogP contribution < -0.4 is 5.32 Å². The third-order valence-electron chi connectivity index (χ3n) is 3.38. The maximum absolute atomic E-state index is 6.08. The average Bonchev–Trinajstić information content (AvgIpc) is 2.80. The standard InChI is InChI=1S/C13H22N2OS/c1-3-16-13(7-5-4-6-8-13)12-15-11(9-14-2)10-17-12/h10,14H,3-9H2,1-2H3. The van der Waals surface area contributed by atoms with Gasteiger partial charge in [-0.3, -0.25) is 0 Å². The summed E-state index contributed by atoms with van der Waals surface area (Å²) >= 11 is 1.76. The molecule has 4 heteroatoms. The maximum atomic E-state index is 6.08. The molecule has 96 valence electrons. The lowest BCUT2D eigenvalue weighted by Crippen LogP contribution is -2.32. The number of hydrogen-bond acceptors (Lipinski definition) is 4. The second-order valence-electron chi connectivity index (χ2n) is 4.66. The molecular weight excluding hydrogens is 232 g/mol. The van der Waals surface area contributed by atoms with Crippen LogP contribution in [0.15, 0.2) is 5.38 Å². The second kappa shape index (κ2) is 5.94. The minimum Gasteiger partial charge on any atom is -0.368 e. The molecule has 0 aliphatic heterocycles. The highest BCUT2D eigenvalue weighted by Gasteiger charge is 2.37. The first-order chi connectivity index (χ1) is 8.30. The normalized spacial score (nSPS) is 19.4. The van der Waals surface area contributed by atoms with Crippen molar-refractivity contribution in [1.29, 1.82) is 0 Å². The van der Waals surface area contributed by atoms with Gasteiger partial charge in [-0.05, 0) is 26.8 Å². The van der Waals surface area contributed by atoms with E-state index in [1.165, 1.54) is 24.3 Å². The first-order valence-corrected chi connectivity index (χ1v) is 7.42. The van der Waals surface area contributed by atoms with Crippen molar-refractivity contribution in [2.75, 3.05) is 13.7 Å². The SMILES string of the molecule is CCOC1(c2nc(CNC)cs2)CCCCC1. The molecule has 1 aromatic rings. The highest BCUT2D eigenvalue weighted by Crippen LogP contribution is 2.41. The fraction of sp³-hybridized carbons (Fsp3) is 0.769. The van der Waals surface area contributed by atoms with Crippen LogP contribution in [-0.2, 0) is 16.9 Å². The van der Waals surface area contributed by atoms with Crippen LogP contribution in [-0.4, -0.2) is 18.6 Å². The summed E-state index contributed by atoms with van der Waals surface area (Å²) in [5.74, 6) is 0. The third-order valence-corrected chi connectivity index (χ3v) is 4.46. The number of nitrogens with one attached hydrogen (secondary N) is 1. The van der Waals surface area contributed by atoms with E-state index in [1.807, 2.05) is 7.05 Å².